The number of ether oxygens (including phenoxy) is 1. The van der Waals surface area contributed by atoms with Crippen molar-refractivity contribution in [3.8, 4) is 5.75 Å². The largest absolute Gasteiger partial charge is 0.487 e. The maximum absolute atomic E-state index is 13.0. The first kappa shape index (κ1) is 29.9. The van der Waals surface area contributed by atoms with Gasteiger partial charge in [0.25, 0.3) is 5.91 Å². The zero-order chi connectivity index (χ0) is 27.8. The predicted octanol–water partition coefficient (Wildman–Crippen LogP) is 8.52. The smallest absolute Gasteiger partial charge is 0.420 e. The fraction of sp³-hybridized carbons (Fsp3) is 0.440. The van der Waals surface area contributed by atoms with Gasteiger partial charge in [-0.3, -0.25) is 4.79 Å². The van der Waals surface area contributed by atoms with Gasteiger partial charge in [0.1, 0.15) is 5.75 Å². The van der Waals surface area contributed by atoms with Gasteiger partial charge in [-0.25, -0.2) is 4.98 Å². The highest BCUT2D eigenvalue weighted by Gasteiger charge is 2.37. The molecule has 1 amide bonds. The molecule has 6 nitrogen and oxygen atoms in total. The summed E-state index contributed by atoms with van der Waals surface area (Å²) < 4.78 is 39.3. The topological polar surface area (TPSA) is 65.4 Å². The summed E-state index contributed by atoms with van der Waals surface area (Å²) in [6.45, 7) is 13.8. The Hall–Kier alpha value is -1.66. The highest BCUT2D eigenvalue weighted by molar-refractivity contribution is 9.10. The number of amides is 1. The molecule has 2 aromatic carbocycles. The van der Waals surface area contributed by atoms with Gasteiger partial charge in [-0.2, -0.15) is 0 Å². The van der Waals surface area contributed by atoms with Crippen LogP contribution in [0.2, 0.25) is 18.1 Å². The first-order valence-corrected chi connectivity index (χ1v) is 16.9. The van der Waals surface area contributed by atoms with Crippen LogP contribution in [0.1, 0.15) is 44.1 Å². The Morgan fingerprint density at radius 3 is 2.41 bits per heavy atom. The number of carbonyl (C=O) groups is 1. The molecule has 0 aliphatic carbocycles. The number of aromatic nitrogens is 2. The summed E-state index contributed by atoms with van der Waals surface area (Å²) in [5, 5.41) is 3.69. The molecule has 0 aliphatic rings. The van der Waals surface area contributed by atoms with Crippen LogP contribution in [0, 0.1) is 0 Å². The third-order valence-corrected chi connectivity index (χ3v) is 12.3. The molecule has 1 N–H and O–H groups in total. The number of nitrogens with zero attached hydrogens (tertiary/aromatic N) is 2. The van der Waals surface area contributed by atoms with E-state index < -0.39 is 13.9 Å². The summed E-state index contributed by atoms with van der Waals surface area (Å²) in [5.74, 6) is -0.488. The lowest BCUT2D eigenvalue weighted by Gasteiger charge is -2.37. The Kier molecular flexibility index (Phi) is 9.06. The maximum atomic E-state index is 13.0. The third-order valence-electron chi connectivity index (χ3n) is 6.43. The van der Waals surface area contributed by atoms with E-state index in [4.69, 9.17) is 21.0 Å². The third kappa shape index (κ3) is 7.26. The quantitative estimate of drug-likeness (QED) is 0.145. The molecule has 1 atom stereocenters. The molecular formula is C25H31BrClF2N3O3SSi. The minimum absolute atomic E-state index is 0.0265. The Morgan fingerprint density at radius 2 is 1.86 bits per heavy atom. The zero-order valence-corrected chi connectivity index (χ0v) is 25.9. The van der Waals surface area contributed by atoms with Crippen LogP contribution in [0.5, 0.6) is 5.75 Å². The van der Waals surface area contributed by atoms with Crippen LogP contribution in [0.25, 0.3) is 11.0 Å². The van der Waals surface area contributed by atoms with Crippen LogP contribution in [0.4, 0.5) is 14.5 Å². The molecule has 12 heteroatoms. The molecule has 0 spiro atoms. The number of nitrogens with one attached hydrogen (secondary N) is 1. The monoisotopic (exact) mass is 633 g/mol. The Morgan fingerprint density at radius 1 is 1.24 bits per heavy atom. The predicted molar refractivity (Wildman–Crippen MR) is 153 cm³/mol. The lowest BCUT2D eigenvalue weighted by molar-refractivity contribution is -0.0964. The number of hydrogen-bond donors (Lipinski definition) is 1. The van der Waals surface area contributed by atoms with Gasteiger partial charge in [0, 0.05) is 27.3 Å². The van der Waals surface area contributed by atoms with Crippen molar-refractivity contribution in [2.45, 2.75) is 62.6 Å². The van der Waals surface area contributed by atoms with Crippen LogP contribution in [-0.4, -0.2) is 42.2 Å². The molecule has 1 aromatic heterocycles. The number of alkyl halides is 3. The van der Waals surface area contributed by atoms with Crippen LogP contribution in [0.3, 0.4) is 0 Å². The number of thioether (sulfide) groups is 1. The van der Waals surface area contributed by atoms with Gasteiger partial charge in [-0.1, -0.05) is 32.5 Å². The summed E-state index contributed by atoms with van der Waals surface area (Å²) in [5.41, 5.74) is -1.43. The van der Waals surface area contributed by atoms with E-state index in [0.717, 1.165) is 15.1 Å². The number of carbonyl (C=O) groups excluding carboxylic acids is 1. The number of halogens is 4. The maximum Gasteiger partial charge on any atom is 0.487 e. The second kappa shape index (κ2) is 11.2. The van der Waals surface area contributed by atoms with E-state index in [1.165, 1.54) is 36.0 Å². The molecule has 0 saturated carbocycles. The molecule has 1 heterocycles. The molecule has 37 heavy (non-hydrogen) atoms. The molecule has 0 aliphatic heterocycles. The summed E-state index contributed by atoms with van der Waals surface area (Å²) in [7, 11) is -1.92. The van der Waals surface area contributed by atoms with Crippen molar-refractivity contribution in [2.75, 3.05) is 18.2 Å². The van der Waals surface area contributed by atoms with Crippen molar-refractivity contribution in [1.82, 2.24) is 9.55 Å². The van der Waals surface area contributed by atoms with E-state index in [9.17, 15) is 13.6 Å². The van der Waals surface area contributed by atoms with Gasteiger partial charge in [0.2, 0.25) is 0 Å². The number of anilines is 1. The number of imidazole rings is 1. The van der Waals surface area contributed by atoms with Gasteiger partial charge in [0.05, 0.1) is 23.7 Å². The van der Waals surface area contributed by atoms with E-state index >= 15 is 0 Å². The van der Waals surface area contributed by atoms with E-state index in [1.807, 2.05) is 6.26 Å². The summed E-state index contributed by atoms with van der Waals surface area (Å²) in [6, 6.07) is 9.00. The van der Waals surface area contributed by atoms with Gasteiger partial charge in [-0.05, 0) is 83.6 Å². The van der Waals surface area contributed by atoms with Crippen LogP contribution < -0.4 is 10.1 Å². The standard InChI is InChI=1S/C25H31BrClF2N3O3SSi/c1-15(14-34-37(6,7)24(2,3)4)32-21-19(26)12-16(13-20(21)31-23(32)36-5)22(33)30-17-8-10-18(11-9-17)35-25(27,28)29/h8-13,15H,14H2,1-7H3,(H,30,33)/t15-/m1/s1. The minimum atomic E-state index is -3.81. The van der Waals surface area contributed by atoms with E-state index in [0.29, 0.717) is 23.4 Å². The van der Waals surface area contributed by atoms with Crippen molar-refractivity contribution in [3.05, 3.63) is 46.4 Å². The van der Waals surface area contributed by atoms with Crippen molar-refractivity contribution in [2.24, 2.45) is 0 Å². The Balaban J connectivity index is 1.84. The molecule has 0 radical (unpaired) electrons. The first-order valence-electron chi connectivity index (χ1n) is 11.6. The SMILES string of the molecule is CSc1nc2cc(C(=O)Nc3ccc(OC(F)(F)Cl)cc3)cc(Br)c2n1[C@H](C)CO[Si](C)(C)C(C)(C)C. The number of benzene rings is 2. The minimum Gasteiger partial charge on any atom is -0.420 e. The number of rotatable bonds is 9. The normalized spacial score (nSPS) is 13.6. The van der Waals surface area contributed by atoms with Crippen molar-refractivity contribution in [3.63, 3.8) is 0 Å². The number of fused-ring (bicyclic) bond motifs is 1. The van der Waals surface area contributed by atoms with Gasteiger partial charge >= 0.3 is 5.57 Å². The Bertz CT molecular complexity index is 1280. The highest BCUT2D eigenvalue weighted by Crippen LogP contribution is 2.38. The van der Waals surface area contributed by atoms with Gasteiger partial charge in [-0.15, -0.1) is 8.78 Å². The fourth-order valence-corrected chi connectivity index (χ4v) is 5.89. The second-order valence-electron chi connectivity index (χ2n) is 10.2. The average molecular weight is 635 g/mol. The summed E-state index contributed by atoms with van der Waals surface area (Å²) >= 11 is 9.96. The molecular weight excluding hydrogens is 604 g/mol. The second-order valence-corrected chi connectivity index (χ2v) is 17.1. The van der Waals surface area contributed by atoms with Crippen molar-refractivity contribution >= 4 is 70.2 Å². The van der Waals surface area contributed by atoms with Crippen LogP contribution in [0.15, 0.2) is 46.0 Å². The first-order chi connectivity index (χ1) is 17.0. The molecule has 0 fully saturated rings. The molecule has 3 aromatic rings. The zero-order valence-electron chi connectivity index (χ0n) is 21.8. The highest BCUT2D eigenvalue weighted by atomic mass is 79.9. The average Bonchev–Trinajstić information content (AvgIpc) is 3.16. The molecule has 0 unspecified atom stereocenters. The van der Waals surface area contributed by atoms with Crippen molar-refractivity contribution in [1.29, 1.82) is 0 Å². The summed E-state index contributed by atoms with van der Waals surface area (Å²) in [6.07, 6.45) is 1.97. The molecule has 202 valence electrons. The molecule has 3 rings (SSSR count). The van der Waals surface area contributed by atoms with Gasteiger partial charge < -0.3 is 19.0 Å². The fourth-order valence-electron chi connectivity index (χ4n) is 3.41. The van der Waals surface area contributed by atoms with E-state index in [1.54, 1.807) is 12.1 Å². The van der Waals surface area contributed by atoms with E-state index in [2.05, 4.69) is 71.3 Å². The van der Waals surface area contributed by atoms with E-state index in [-0.39, 0.29) is 22.7 Å². The number of hydrogen-bond acceptors (Lipinski definition) is 5. The lowest BCUT2D eigenvalue weighted by atomic mass is 10.1. The molecule has 0 saturated heterocycles. The molecule has 0 bridgehead atoms. The van der Waals surface area contributed by atoms with Crippen LogP contribution in [-0.2, 0) is 4.43 Å². The summed E-state index contributed by atoms with van der Waals surface area (Å²) in [4.78, 5) is 17.7. The lowest BCUT2D eigenvalue weighted by Crippen LogP contribution is -2.42. The van der Waals surface area contributed by atoms with Crippen LogP contribution >= 0.6 is 39.3 Å². The van der Waals surface area contributed by atoms with Crippen molar-refractivity contribution < 1.29 is 22.7 Å². The van der Waals surface area contributed by atoms with Gasteiger partial charge in [0.15, 0.2) is 13.5 Å². The Labute approximate surface area is 234 Å².